The molecule has 0 heterocycles. The number of esters is 2. The van der Waals surface area contributed by atoms with Crippen molar-refractivity contribution in [3.05, 3.63) is 11.6 Å². The molecule has 5 saturated carbocycles. The van der Waals surface area contributed by atoms with Gasteiger partial charge in [0.1, 0.15) is 12.2 Å². The van der Waals surface area contributed by atoms with Crippen LogP contribution in [0.1, 0.15) is 97.8 Å². The molecule has 182 valence electrons. The number of ether oxygens (including phenoxy) is 2. The molecule has 6 aliphatic carbocycles. The topological polar surface area (TPSA) is 52.6 Å². The van der Waals surface area contributed by atoms with Crippen molar-refractivity contribution in [3.8, 4) is 0 Å². The second-order valence-corrected chi connectivity index (χ2v) is 13.1. The Balaban J connectivity index is 1.17. The van der Waals surface area contributed by atoms with Gasteiger partial charge in [-0.3, -0.25) is 9.59 Å². The predicted molar refractivity (Wildman–Crippen MR) is 126 cm³/mol. The first-order valence-electron chi connectivity index (χ1n) is 13.8. The fraction of sp³-hybridized carbons (Fsp3) is 0.862. The van der Waals surface area contributed by atoms with Crippen molar-refractivity contribution in [3.63, 3.8) is 0 Å². The van der Waals surface area contributed by atoms with Crippen molar-refractivity contribution in [2.75, 3.05) is 0 Å². The molecule has 0 spiro atoms. The first kappa shape index (κ1) is 22.2. The molecule has 0 radical (unpaired) electrons. The van der Waals surface area contributed by atoms with Gasteiger partial charge in [0, 0.05) is 13.3 Å². The number of hydrogen-bond acceptors (Lipinski definition) is 4. The van der Waals surface area contributed by atoms with Crippen LogP contribution in [-0.2, 0) is 19.1 Å². The Labute approximate surface area is 199 Å². The standard InChI is InChI=1S/C29H42O4/c1-17(30)32-21-10-12-28(2)20(16-21)6-7-22-23-8-9-25(29(23,3)13-11-24(22)28)27(31)33-26-15-18-4-5-19(26)14-18/h6,18-19,21-26H,4-5,7-16H2,1-3H3/t18-,19-,21-,22+,23+,24+,25-,26+,28-,29+/m0/s1. The Morgan fingerprint density at radius 3 is 2.52 bits per heavy atom. The van der Waals surface area contributed by atoms with Gasteiger partial charge in [-0.1, -0.05) is 25.5 Å². The van der Waals surface area contributed by atoms with Crippen LogP contribution in [0.15, 0.2) is 11.6 Å². The lowest BCUT2D eigenvalue weighted by atomic mass is 9.47. The SMILES string of the molecule is CC(=O)O[C@H]1CC[C@@]2(C)C(=CC[C@@H]3[C@H]4CC[C@@H](C(=O)O[C@@H]5C[C@H]6CC[C@H]5C6)[C@]4(C)CC[C@H]32)C1. The van der Waals surface area contributed by atoms with Gasteiger partial charge in [-0.2, -0.15) is 0 Å². The van der Waals surface area contributed by atoms with E-state index in [9.17, 15) is 9.59 Å². The average molecular weight is 455 g/mol. The number of allylic oxidation sites excluding steroid dienone is 1. The molecule has 6 aliphatic rings. The van der Waals surface area contributed by atoms with Gasteiger partial charge >= 0.3 is 11.9 Å². The summed E-state index contributed by atoms with van der Waals surface area (Å²) < 4.78 is 11.8. The highest BCUT2D eigenvalue weighted by atomic mass is 16.5. The van der Waals surface area contributed by atoms with Crippen LogP contribution >= 0.6 is 0 Å². The summed E-state index contributed by atoms with van der Waals surface area (Å²) in [6, 6.07) is 0. The van der Waals surface area contributed by atoms with Crippen molar-refractivity contribution in [2.45, 2.75) is 110 Å². The highest BCUT2D eigenvalue weighted by Gasteiger charge is 2.60. The summed E-state index contributed by atoms with van der Waals surface area (Å²) in [5.41, 5.74) is 1.88. The third-order valence-corrected chi connectivity index (χ3v) is 11.6. The van der Waals surface area contributed by atoms with Crippen molar-refractivity contribution in [2.24, 2.45) is 46.3 Å². The third kappa shape index (κ3) is 3.44. The van der Waals surface area contributed by atoms with Gasteiger partial charge in [0.2, 0.25) is 0 Å². The van der Waals surface area contributed by atoms with Gasteiger partial charge in [-0.25, -0.2) is 0 Å². The Bertz CT molecular complexity index is 862. The smallest absolute Gasteiger partial charge is 0.309 e. The van der Waals surface area contributed by atoms with E-state index in [0.29, 0.717) is 23.7 Å². The highest BCUT2D eigenvalue weighted by molar-refractivity contribution is 5.74. The van der Waals surface area contributed by atoms with E-state index < -0.39 is 0 Å². The van der Waals surface area contributed by atoms with E-state index in [2.05, 4.69) is 19.9 Å². The Hall–Kier alpha value is -1.32. The summed E-state index contributed by atoms with van der Waals surface area (Å²) in [5.74, 6) is 3.56. The second-order valence-electron chi connectivity index (χ2n) is 13.1. The fourth-order valence-electron chi connectivity index (χ4n) is 9.91. The molecule has 6 rings (SSSR count). The zero-order valence-electron chi connectivity index (χ0n) is 20.8. The average Bonchev–Trinajstić information content (AvgIpc) is 3.47. The van der Waals surface area contributed by atoms with Gasteiger partial charge in [-0.15, -0.1) is 0 Å². The first-order valence-corrected chi connectivity index (χ1v) is 13.8. The zero-order chi connectivity index (χ0) is 23.0. The lowest BCUT2D eigenvalue weighted by Crippen LogP contribution is -2.51. The molecule has 2 bridgehead atoms. The number of hydrogen-bond donors (Lipinski definition) is 0. The molecule has 0 aromatic carbocycles. The van der Waals surface area contributed by atoms with Crippen LogP contribution in [0.4, 0.5) is 0 Å². The van der Waals surface area contributed by atoms with Crippen molar-refractivity contribution in [1.29, 1.82) is 0 Å². The minimum atomic E-state index is -0.152. The van der Waals surface area contributed by atoms with Crippen LogP contribution in [0.3, 0.4) is 0 Å². The van der Waals surface area contributed by atoms with Crippen molar-refractivity contribution in [1.82, 2.24) is 0 Å². The number of rotatable bonds is 3. The third-order valence-electron chi connectivity index (χ3n) is 11.6. The van der Waals surface area contributed by atoms with Crippen molar-refractivity contribution < 1.29 is 19.1 Å². The molecule has 0 aromatic rings. The molecule has 4 nitrogen and oxygen atoms in total. The van der Waals surface area contributed by atoms with E-state index in [4.69, 9.17) is 9.47 Å². The van der Waals surface area contributed by atoms with Crippen molar-refractivity contribution >= 4 is 11.9 Å². The van der Waals surface area contributed by atoms with E-state index in [1.54, 1.807) is 0 Å². The Morgan fingerprint density at radius 1 is 0.939 bits per heavy atom. The minimum absolute atomic E-state index is 0.0590. The quantitative estimate of drug-likeness (QED) is 0.375. The van der Waals surface area contributed by atoms with Crippen LogP contribution in [0, 0.1) is 46.3 Å². The number of carbonyl (C=O) groups excluding carboxylic acids is 2. The normalized spacial score (nSPS) is 50.1. The molecule has 33 heavy (non-hydrogen) atoms. The molecular weight excluding hydrogens is 412 g/mol. The van der Waals surface area contributed by atoms with Crippen LogP contribution in [0.5, 0.6) is 0 Å². The van der Waals surface area contributed by atoms with E-state index in [0.717, 1.165) is 50.9 Å². The van der Waals surface area contributed by atoms with Gasteiger partial charge in [0.25, 0.3) is 0 Å². The molecule has 0 amide bonds. The summed E-state index contributed by atoms with van der Waals surface area (Å²) in [4.78, 5) is 24.9. The lowest BCUT2D eigenvalue weighted by Gasteiger charge is -2.57. The molecule has 0 unspecified atom stereocenters. The largest absolute Gasteiger partial charge is 0.462 e. The van der Waals surface area contributed by atoms with Crippen LogP contribution in [0.2, 0.25) is 0 Å². The first-order chi connectivity index (χ1) is 15.8. The van der Waals surface area contributed by atoms with Crippen LogP contribution in [-0.4, -0.2) is 24.1 Å². The van der Waals surface area contributed by atoms with Crippen LogP contribution < -0.4 is 0 Å². The Kier molecular flexibility index (Phi) is 5.27. The second kappa shape index (κ2) is 7.85. The predicted octanol–water partition coefficient (Wildman–Crippen LogP) is 6.23. The van der Waals surface area contributed by atoms with E-state index in [1.807, 2.05) is 0 Å². The molecule has 0 N–H and O–H groups in total. The zero-order valence-corrected chi connectivity index (χ0v) is 20.8. The molecule has 4 heteroatoms. The maximum absolute atomic E-state index is 13.4. The summed E-state index contributed by atoms with van der Waals surface area (Å²) in [6.07, 6.45) is 16.5. The van der Waals surface area contributed by atoms with Gasteiger partial charge < -0.3 is 9.47 Å². The van der Waals surface area contributed by atoms with E-state index in [-0.39, 0.29) is 40.9 Å². The molecule has 0 saturated heterocycles. The highest BCUT2D eigenvalue weighted by Crippen LogP contribution is 2.66. The number of fused-ring (bicyclic) bond motifs is 7. The molecule has 5 fully saturated rings. The molecular formula is C29H42O4. The van der Waals surface area contributed by atoms with Gasteiger partial charge in [0.15, 0.2) is 0 Å². The summed E-state index contributed by atoms with van der Waals surface area (Å²) in [5, 5.41) is 0. The fourth-order valence-corrected chi connectivity index (χ4v) is 9.91. The molecule has 0 aliphatic heterocycles. The van der Waals surface area contributed by atoms with E-state index >= 15 is 0 Å². The molecule has 0 aromatic heterocycles. The maximum atomic E-state index is 13.4. The van der Waals surface area contributed by atoms with Gasteiger partial charge in [-0.05, 0) is 111 Å². The van der Waals surface area contributed by atoms with Gasteiger partial charge in [0.05, 0.1) is 5.92 Å². The maximum Gasteiger partial charge on any atom is 0.309 e. The lowest BCUT2D eigenvalue weighted by molar-refractivity contribution is -0.164. The number of carbonyl (C=O) groups is 2. The monoisotopic (exact) mass is 454 g/mol. The minimum Gasteiger partial charge on any atom is -0.462 e. The Morgan fingerprint density at radius 2 is 1.79 bits per heavy atom. The summed E-state index contributed by atoms with van der Waals surface area (Å²) in [6.45, 7) is 6.44. The molecule has 10 atom stereocenters. The van der Waals surface area contributed by atoms with Crippen LogP contribution in [0.25, 0.3) is 0 Å². The van der Waals surface area contributed by atoms with E-state index in [1.165, 1.54) is 44.6 Å². The summed E-state index contributed by atoms with van der Waals surface area (Å²) in [7, 11) is 0. The summed E-state index contributed by atoms with van der Waals surface area (Å²) >= 11 is 0.